The number of fused-ring (bicyclic) bond motifs is 1. The molecule has 0 spiro atoms. The van der Waals surface area contributed by atoms with Gasteiger partial charge in [0.1, 0.15) is 6.10 Å². The summed E-state index contributed by atoms with van der Waals surface area (Å²) in [6.07, 6.45) is -0.535. The number of ether oxygens (including phenoxy) is 6. The summed E-state index contributed by atoms with van der Waals surface area (Å²) in [5.41, 5.74) is -0.428. The fraction of sp³-hybridized carbons (Fsp3) is 0.550. The van der Waals surface area contributed by atoms with Crippen LogP contribution in [0.3, 0.4) is 0 Å². The van der Waals surface area contributed by atoms with Gasteiger partial charge < -0.3 is 28.4 Å². The Kier molecular flexibility index (Phi) is 4.31. The summed E-state index contributed by atoms with van der Waals surface area (Å²) in [5, 5.41) is 0. The van der Waals surface area contributed by atoms with Crippen molar-refractivity contribution in [3.05, 3.63) is 47.4 Å². The van der Waals surface area contributed by atoms with Crippen molar-refractivity contribution < 1.29 is 33.2 Å². The van der Waals surface area contributed by atoms with E-state index in [4.69, 9.17) is 28.4 Å². The highest BCUT2D eigenvalue weighted by atomic mass is 16.8. The summed E-state index contributed by atoms with van der Waals surface area (Å²) in [6, 6.07) is 9.71. The molecule has 1 unspecified atom stereocenters. The first-order valence-corrected chi connectivity index (χ1v) is 9.00. The molecule has 3 aliphatic rings. The molecule has 2 fully saturated rings. The van der Waals surface area contributed by atoms with Crippen LogP contribution in [-0.4, -0.2) is 42.5 Å². The van der Waals surface area contributed by atoms with Crippen LogP contribution in [0.4, 0.5) is 0 Å². The molecule has 0 N–H and O–H groups in total. The number of hydrogen-bond acceptors (Lipinski definition) is 7. The van der Waals surface area contributed by atoms with Crippen molar-refractivity contribution in [3.63, 3.8) is 0 Å². The molecule has 3 heterocycles. The van der Waals surface area contributed by atoms with Gasteiger partial charge in [-0.1, -0.05) is 30.3 Å². The summed E-state index contributed by atoms with van der Waals surface area (Å²) in [6.45, 7) is 7.71. The minimum absolute atomic E-state index is 0.0139. The predicted molar refractivity (Wildman–Crippen MR) is 93.1 cm³/mol. The van der Waals surface area contributed by atoms with Crippen molar-refractivity contribution in [2.24, 2.45) is 0 Å². The number of benzene rings is 1. The van der Waals surface area contributed by atoms with Gasteiger partial charge in [-0.15, -0.1) is 0 Å². The molecule has 4 rings (SSSR count). The molecule has 0 bridgehead atoms. The minimum Gasteiger partial charge on any atom is -0.460 e. The topological polar surface area (TPSA) is 72.5 Å². The molecule has 1 aromatic carbocycles. The number of carbonyl (C=O) groups excluding carboxylic acids is 1. The quantitative estimate of drug-likeness (QED) is 0.732. The third-order valence-electron chi connectivity index (χ3n) is 4.61. The molecule has 27 heavy (non-hydrogen) atoms. The van der Waals surface area contributed by atoms with Gasteiger partial charge in [-0.3, -0.25) is 0 Å². The van der Waals surface area contributed by atoms with Gasteiger partial charge in [0, 0.05) is 13.8 Å². The lowest BCUT2D eigenvalue weighted by molar-refractivity contribution is -0.198. The van der Waals surface area contributed by atoms with Crippen LogP contribution in [0.1, 0.15) is 33.3 Å². The van der Waals surface area contributed by atoms with E-state index in [1.807, 2.05) is 30.3 Å². The summed E-state index contributed by atoms with van der Waals surface area (Å²) in [4.78, 5) is 12.8. The molecule has 3 aliphatic heterocycles. The molecule has 7 heteroatoms. The maximum Gasteiger partial charge on any atom is 0.354 e. The highest BCUT2D eigenvalue weighted by Gasteiger charge is 2.64. The minimum atomic E-state index is -1.43. The van der Waals surface area contributed by atoms with E-state index in [1.165, 1.54) is 0 Å². The van der Waals surface area contributed by atoms with Gasteiger partial charge in [0.15, 0.2) is 17.3 Å². The van der Waals surface area contributed by atoms with Gasteiger partial charge in [0.25, 0.3) is 5.60 Å². The number of hydrogen-bond donors (Lipinski definition) is 0. The molecule has 0 aromatic heterocycles. The molecular formula is C20H24O7. The summed E-state index contributed by atoms with van der Waals surface area (Å²) in [7, 11) is 0. The Morgan fingerprint density at radius 3 is 2.52 bits per heavy atom. The van der Waals surface area contributed by atoms with Crippen molar-refractivity contribution in [1.82, 2.24) is 0 Å². The van der Waals surface area contributed by atoms with Gasteiger partial charge in [0.2, 0.25) is 5.79 Å². The normalized spacial score (nSPS) is 31.0. The number of cyclic esters (lactones) is 1. The summed E-state index contributed by atoms with van der Waals surface area (Å²) >= 11 is 0. The van der Waals surface area contributed by atoms with Gasteiger partial charge in [-0.25, -0.2) is 4.79 Å². The van der Waals surface area contributed by atoms with Crippen LogP contribution < -0.4 is 0 Å². The maximum atomic E-state index is 12.8. The predicted octanol–water partition coefficient (Wildman–Crippen LogP) is 2.64. The lowest BCUT2D eigenvalue weighted by Crippen LogP contribution is -2.44. The fourth-order valence-electron chi connectivity index (χ4n) is 3.50. The van der Waals surface area contributed by atoms with Crippen molar-refractivity contribution in [3.8, 4) is 0 Å². The van der Waals surface area contributed by atoms with E-state index in [0.717, 1.165) is 5.56 Å². The van der Waals surface area contributed by atoms with Crippen LogP contribution in [-0.2, 0) is 39.8 Å². The van der Waals surface area contributed by atoms with Gasteiger partial charge >= 0.3 is 5.97 Å². The number of rotatable bonds is 5. The van der Waals surface area contributed by atoms with E-state index in [-0.39, 0.29) is 13.2 Å². The van der Waals surface area contributed by atoms with E-state index >= 15 is 0 Å². The smallest absolute Gasteiger partial charge is 0.354 e. The van der Waals surface area contributed by atoms with Crippen LogP contribution in [0.2, 0.25) is 0 Å². The second kappa shape index (κ2) is 6.31. The van der Waals surface area contributed by atoms with Crippen LogP contribution >= 0.6 is 0 Å². The lowest BCUT2D eigenvalue weighted by Gasteiger charge is -2.23. The lowest BCUT2D eigenvalue weighted by atomic mass is 10.0. The Labute approximate surface area is 158 Å². The fourth-order valence-corrected chi connectivity index (χ4v) is 3.50. The first-order chi connectivity index (χ1) is 12.7. The number of carbonyl (C=O) groups is 1. The average Bonchev–Trinajstić information content (AvgIpc) is 3.17. The molecule has 2 atom stereocenters. The Balaban J connectivity index is 1.58. The van der Waals surface area contributed by atoms with Gasteiger partial charge in [0.05, 0.1) is 19.8 Å². The molecule has 7 nitrogen and oxygen atoms in total. The van der Waals surface area contributed by atoms with Crippen LogP contribution in [0.5, 0.6) is 0 Å². The molecule has 0 amide bonds. The molecule has 0 saturated carbocycles. The Morgan fingerprint density at radius 2 is 1.85 bits per heavy atom. The van der Waals surface area contributed by atoms with Crippen molar-refractivity contribution in [2.45, 2.75) is 57.6 Å². The largest absolute Gasteiger partial charge is 0.460 e. The molecule has 1 aromatic rings. The molecular weight excluding hydrogens is 352 g/mol. The van der Waals surface area contributed by atoms with E-state index in [1.54, 1.807) is 27.7 Å². The van der Waals surface area contributed by atoms with Gasteiger partial charge in [-0.05, 0) is 19.4 Å². The van der Waals surface area contributed by atoms with Crippen LogP contribution in [0, 0.1) is 0 Å². The van der Waals surface area contributed by atoms with Gasteiger partial charge in [-0.2, -0.15) is 0 Å². The van der Waals surface area contributed by atoms with Crippen LogP contribution in [0.15, 0.2) is 41.9 Å². The molecule has 0 radical (unpaired) electrons. The van der Waals surface area contributed by atoms with Crippen molar-refractivity contribution in [1.29, 1.82) is 0 Å². The van der Waals surface area contributed by atoms with E-state index < -0.39 is 29.2 Å². The zero-order valence-corrected chi connectivity index (χ0v) is 15.9. The standard InChI is InChI=1S/C20H24O7/c1-18(2)23-11-14(25-18)15-16-20(17(21)24-15,27-19(3,4)26-16)12-22-10-13-8-6-5-7-9-13/h5-9,14H,10-12H2,1-4H3/t14?,20-/m0/s1. The van der Waals surface area contributed by atoms with E-state index in [9.17, 15) is 4.79 Å². The van der Waals surface area contributed by atoms with Crippen LogP contribution in [0.25, 0.3) is 0 Å². The maximum absolute atomic E-state index is 12.8. The zero-order valence-electron chi connectivity index (χ0n) is 15.9. The second-order valence-electron chi connectivity index (χ2n) is 7.81. The Hall–Kier alpha value is -1.93. The zero-order chi connectivity index (χ0) is 19.3. The molecule has 0 aliphatic carbocycles. The third-order valence-corrected chi connectivity index (χ3v) is 4.61. The van der Waals surface area contributed by atoms with E-state index in [0.29, 0.717) is 18.1 Å². The highest BCUT2D eigenvalue weighted by molar-refractivity contribution is 5.88. The van der Waals surface area contributed by atoms with Crippen molar-refractivity contribution >= 4 is 5.97 Å². The Bertz CT molecular complexity index is 768. The molecule has 2 saturated heterocycles. The third kappa shape index (κ3) is 3.36. The molecule has 146 valence electrons. The van der Waals surface area contributed by atoms with E-state index in [2.05, 4.69) is 0 Å². The Morgan fingerprint density at radius 1 is 1.11 bits per heavy atom. The van der Waals surface area contributed by atoms with Crippen molar-refractivity contribution in [2.75, 3.05) is 13.2 Å². The highest BCUT2D eigenvalue weighted by Crippen LogP contribution is 2.48. The second-order valence-corrected chi connectivity index (χ2v) is 7.81. The average molecular weight is 376 g/mol. The first kappa shape index (κ1) is 18.4. The summed E-state index contributed by atoms with van der Waals surface area (Å²) in [5.74, 6) is -1.67. The monoisotopic (exact) mass is 376 g/mol. The SMILES string of the molecule is CC1(C)OCC(C2=C3OC(C)(C)O[C@]3(COCc3ccccc3)C(=O)O2)O1. The first-order valence-electron chi connectivity index (χ1n) is 9.00. The number of esters is 1. The summed E-state index contributed by atoms with van der Waals surface area (Å²) < 4.78 is 34.7.